The third kappa shape index (κ3) is 5.63. The molecule has 0 rings (SSSR count). The first-order valence-corrected chi connectivity index (χ1v) is 6.36. The lowest BCUT2D eigenvalue weighted by Crippen LogP contribution is -2.60. The maximum atomic E-state index is 5.91. The Labute approximate surface area is 112 Å². The summed E-state index contributed by atoms with van der Waals surface area (Å²) in [5, 5.41) is 0. The van der Waals surface area contributed by atoms with Gasteiger partial charge in [-0.05, 0) is 41.7 Å². The second-order valence-electron chi connectivity index (χ2n) is 6.07. The first-order valence-electron chi connectivity index (χ1n) is 6.36. The fraction of sp³-hybridized carbons (Fsp3) is 1.00. The molecule has 0 aliphatic carbocycles. The number of nitrogens with zero attached hydrogens (tertiary/aromatic N) is 1. The van der Waals surface area contributed by atoms with Crippen molar-refractivity contribution in [1.29, 1.82) is 0 Å². The van der Waals surface area contributed by atoms with Gasteiger partial charge < -0.3 is 14.3 Å². The zero-order valence-electron chi connectivity index (χ0n) is 12.9. The summed E-state index contributed by atoms with van der Waals surface area (Å²) in [6, 6.07) is 0.346. The zero-order valence-corrected chi connectivity index (χ0v) is 12.9. The fourth-order valence-electron chi connectivity index (χ4n) is 1.75. The summed E-state index contributed by atoms with van der Waals surface area (Å²) in [5.74, 6) is 5.28. The Balaban J connectivity index is 4.95. The van der Waals surface area contributed by atoms with E-state index < -0.39 is 0 Å². The summed E-state index contributed by atoms with van der Waals surface area (Å²) in [6.07, 6.45) is 0. The molecule has 0 amide bonds. The predicted octanol–water partition coefficient (Wildman–Crippen LogP) is 1.42. The lowest BCUT2D eigenvalue weighted by Gasteiger charge is -2.44. The van der Waals surface area contributed by atoms with Gasteiger partial charge in [-0.1, -0.05) is 0 Å². The largest absolute Gasteiger partial charge is 0.383 e. The highest BCUT2D eigenvalue weighted by Crippen LogP contribution is 2.21. The molecule has 0 radical (unpaired) electrons. The Morgan fingerprint density at radius 2 is 1.67 bits per heavy atom. The van der Waals surface area contributed by atoms with Crippen molar-refractivity contribution in [2.45, 2.75) is 51.8 Å². The smallest absolute Gasteiger partial charge is 0.0934 e. The Morgan fingerprint density at radius 3 is 2.00 bits per heavy atom. The molecule has 0 aliphatic heterocycles. The van der Waals surface area contributed by atoms with E-state index in [-0.39, 0.29) is 11.1 Å². The Bertz CT molecular complexity index is 221. The molecule has 0 aromatic heterocycles. The maximum absolute atomic E-state index is 5.91. The normalized spacial score (nSPS) is 16.3. The molecule has 0 saturated heterocycles. The highest BCUT2D eigenvalue weighted by Gasteiger charge is 2.38. The van der Waals surface area contributed by atoms with Gasteiger partial charge in [0, 0.05) is 13.2 Å². The molecular weight excluding hydrogens is 232 g/mol. The molecule has 110 valence electrons. The summed E-state index contributed by atoms with van der Waals surface area (Å²) >= 11 is 0. The van der Waals surface area contributed by atoms with Gasteiger partial charge in [-0.25, -0.2) is 5.90 Å². The summed E-state index contributed by atoms with van der Waals surface area (Å²) in [6.45, 7) is 11.7. The summed E-state index contributed by atoms with van der Waals surface area (Å²) in [5.41, 5.74) is -0.573. The van der Waals surface area contributed by atoms with E-state index in [0.29, 0.717) is 25.9 Å². The Hall–Kier alpha value is -0.200. The second-order valence-corrected chi connectivity index (χ2v) is 6.07. The van der Waals surface area contributed by atoms with E-state index in [9.17, 15) is 0 Å². The van der Waals surface area contributed by atoms with Crippen LogP contribution in [0.4, 0.5) is 0 Å². The van der Waals surface area contributed by atoms with Crippen LogP contribution in [0.2, 0.25) is 0 Å². The van der Waals surface area contributed by atoms with Gasteiger partial charge in [-0.3, -0.25) is 4.90 Å². The molecule has 0 saturated carbocycles. The monoisotopic (exact) mass is 262 g/mol. The van der Waals surface area contributed by atoms with Crippen molar-refractivity contribution < 1.29 is 14.3 Å². The van der Waals surface area contributed by atoms with Gasteiger partial charge in [0.2, 0.25) is 0 Å². The minimum Gasteiger partial charge on any atom is -0.383 e. The summed E-state index contributed by atoms with van der Waals surface area (Å²) in [7, 11) is 3.71. The molecule has 1 unspecified atom stereocenters. The summed E-state index contributed by atoms with van der Waals surface area (Å²) < 4.78 is 11.3. The van der Waals surface area contributed by atoms with Crippen molar-refractivity contribution in [3.05, 3.63) is 0 Å². The van der Waals surface area contributed by atoms with Crippen LogP contribution in [0.15, 0.2) is 0 Å². The van der Waals surface area contributed by atoms with Gasteiger partial charge in [-0.15, -0.1) is 0 Å². The Morgan fingerprint density at radius 1 is 1.11 bits per heavy atom. The number of likely N-dealkylation sites (N-methyl/N-ethyl adjacent to an activating group) is 1. The van der Waals surface area contributed by atoms with Crippen LogP contribution in [-0.2, 0) is 14.3 Å². The minimum atomic E-state index is -0.370. The number of hydrogen-bond acceptors (Lipinski definition) is 5. The van der Waals surface area contributed by atoms with Crippen molar-refractivity contribution in [3.8, 4) is 0 Å². The average Bonchev–Trinajstić information content (AvgIpc) is 2.24. The van der Waals surface area contributed by atoms with Crippen LogP contribution in [0.25, 0.3) is 0 Å². The van der Waals surface area contributed by atoms with E-state index in [1.807, 2.05) is 27.8 Å². The molecular formula is C13H30N2O3. The molecule has 0 spiro atoms. The van der Waals surface area contributed by atoms with Crippen LogP contribution in [0, 0.1) is 0 Å². The molecule has 0 aromatic carbocycles. The van der Waals surface area contributed by atoms with Crippen LogP contribution in [0.1, 0.15) is 34.6 Å². The zero-order chi connectivity index (χ0) is 14.4. The van der Waals surface area contributed by atoms with Crippen molar-refractivity contribution in [1.82, 2.24) is 4.90 Å². The molecule has 2 N–H and O–H groups in total. The van der Waals surface area contributed by atoms with Gasteiger partial charge in [0.1, 0.15) is 0 Å². The third-order valence-electron chi connectivity index (χ3n) is 3.06. The molecule has 0 aliphatic rings. The molecule has 0 bridgehead atoms. The van der Waals surface area contributed by atoms with Crippen molar-refractivity contribution in [2.24, 2.45) is 5.90 Å². The lowest BCUT2D eigenvalue weighted by atomic mass is 9.98. The van der Waals surface area contributed by atoms with E-state index in [1.54, 1.807) is 7.11 Å². The highest BCUT2D eigenvalue weighted by atomic mass is 16.6. The predicted molar refractivity (Wildman–Crippen MR) is 73.4 cm³/mol. The maximum Gasteiger partial charge on any atom is 0.0934 e. The number of hydrogen-bond donors (Lipinski definition) is 1. The first-order chi connectivity index (χ1) is 8.18. The third-order valence-corrected chi connectivity index (χ3v) is 3.06. The van der Waals surface area contributed by atoms with Crippen molar-refractivity contribution >= 4 is 0 Å². The number of rotatable bonds is 8. The van der Waals surface area contributed by atoms with Crippen LogP contribution >= 0.6 is 0 Å². The van der Waals surface area contributed by atoms with E-state index in [0.717, 1.165) is 0 Å². The van der Waals surface area contributed by atoms with Crippen LogP contribution in [0.5, 0.6) is 0 Å². The minimum absolute atomic E-state index is 0.203. The van der Waals surface area contributed by atoms with Gasteiger partial charge in [-0.2, -0.15) is 0 Å². The number of ether oxygens (including phenoxy) is 2. The molecule has 5 nitrogen and oxygen atoms in total. The van der Waals surface area contributed by atoms with Gasteiger partial charge >= 0.3 is 0 Å². The van der Waals surface area contributed by atoms with Crippen molar-refractivity contribution in [3.63, 3.8) is 0 Å². The van der Waals surface area contributed by atoms with E-state index in [1.165, 1.54) is 0 Å². The van der Waals surface area contributed by atoms with Gasteiger partial charge in [0.15, 0.2) is 0 Å². The fourth-order valence-corrected chi connectivity index (χ4v) is 1.75. The average molecular weight is 262 g/mol. The second kappa shape index (κ2) is 7.40. The van der Waals surface area contributed by atoms with E-state index in [4.69, 9.17) is 20.2 Å². The van der Waals surface area contributed by atoms with Gasteiger partial charge in [0.25, 0.3) is 0 Å². The van der Waals surface area contributed by atoms with Gasteiger partial charge in [0.05, 0.1) is 31.0 Å². The lowest BCUT2D eigenvalue weighted by molar-refractivity contribution is -0.124. The molecule has 0 aromatic rings. The molecule has 0 fully saturated rings. The van der Waals surface area contributed by atoms with Crippen LogP contribution in [0.3, 0.4) is 0 Å². The summed E-state index contributed by atoms with van der Waals surface area (Å²) in [4.78, 5) is 7.08. The quantitative estimate of drug-likeness (QED) is 0.670. The standard InChI is InChI=1S/C13H30N2O3/c1-11(2)15(6)13(8-16-7,10-18-14)9-17-12(3,4)5/h11H,8-10,14H2,1-7H3. The Kier molecular flexibility index (Phi) is 7.32. The SMILES string of the molecule is COCC(CON)(COC(C)(C)C)N(C)C(C)C. The molecule has 5 heteroatoms. The van der Waals surface area contributed by atoms with Crippen molar-refractivity contribution in [2.75, 3.05) is 34.0 Å². The molecule has 18 heavy (non-hydrogen) atoms. The highest BCUT2D eigenvalue weighted by molar-refractivity contribution is 4.91. The molecule has 1 atom stereocenters. The molecule has 0 heterocycles. The van der Waals surface area contributed by atoms with E-state index >= 15 is 0 Å². The van der Waals surface area contributed by atoms with Crippen LogP contribution in [-0.4, -0.2) is 56.1 Å². The van der Waals surface area contributed by atoms with Crippen LogP contribution < -0.4 is 5.90 Å². The number of methoxy groups -OCH3 is 1. The number of nitrogens with two attached hydrogens (primary N) is 1. The first kappa shape index (κ1) is 17.8. The topological polar surface area (TPSA) is 57.0 Å². The van der Waals surface area contributed by atoms with E-state index in [2.05, 4.69) is 18.7 Å².